The lowest BCUT2D eigenvalue weighted by Crippen LogP contribution is -2.07. The second-order valence-electron chi connectivity index (χ2n) is 4.51. The second-order valence-corrected chi connectivity index (χ2v) is 5.42. The first-order valence-corrected chi connectivity index (χ1v) is 7.16. The summed E-state index contributed by atoms with van der Waals surface area (Å²) < 4.78 is 6.95. The van der Waals surface area contributed by atoms with Crippen LogP contribution in [0, 0.1) is 6.92 Å². The zero-order valence-corrected chi connectivity index (χ0v) is 12.6. The Labute approximate surface area is 122 Å². The molecule has 0 fully saturated rings. The highest BCUT2D eigenvalue weighted by molar-refractivity contribution is 9.10. The van der Waals surface area contributed by atoms with Crippen molar-refractivity contribution in [3.63, 3.8) is 0 Å². The molecule has 2 aromatic carbocycles. The van der Waals surface area contributed by atoms with Gasteiger partial charge < -0.3 is 10.5 Å². The lowest BCUT2D eigenvalue weighted by molar-refractivity contribution is 0.302. The van der Waals surface area contributed by atoms with Crippen LogP contribution in [0.2, 0.25) is 0 Å². The monoisotopic (exact) mass is 319 g/mol. The third kappa shape index (κ3) is 3.82. The van der Waals surface area contributed by atoms with Crippen LogP contribution in [0.15, 0.2) is 46.9 Å². The van der Waals surface area contributed by atoms with Crippen molar-refractivity contribution in [1.29, 1.82) is 0 Å². The van der Waals surface area contributed by atoms with Gasteiger partial charge in [-0.15, -0.1) is 0 Å². The molecule has 0 aromatic heterocycles. The molecule has 0 amide bonds. The summed E-state index contributed by atoms with van der Waals surface area (Å²) in [5.74, 6) is 0.914. The number of hydrogen-bond donors (Lipinski definition) is 1. The van der Waals surface area contributed by atoms with Crippen LogP contribution in [0.25, 0.3) is 0 Å². The second kappa shape index (κ2) is 6.73. The fraction of sp³-hybridized carbons (Fsp3) is 0.250. The van der Waals surface area contributed by atoms with E-state index in [9.17, 15) is 0 Å². The van der Waals surface area contributed by atoms with Gasteiger partial charge in [0.25, 0.3) is 0 Å². The van der Waals surface area contributed by atoms with Crippen molar-refractivity contribution in [1.82, 2.24) is 0 Å². The molecule has 100 valence electrons. The van der Waals surface area contributed by atoms with Gasteiger partial charge in [0, 0.05) is 4.47 Å². The fourth-order valence-electron chi connectivity index (χ4n) is 1.98. The predicted molar refractivity (Wildman–Crippen MR) is 82.4 cm³/mol. The topological polar surface area (TPSA) is 35.2 Å². The van der Waals surface area contributed by atoms with Gasteiger partial charge in [0.2, 0.25) is 0 Å². The molecule has 2 nitrogen and oxygen atoms in total. The standard InChI is InChI=1S/C16H18BrNO/c1-12-6-7-15(17)10-16(12)19-11-14-5-3-2-4-13(14)8-9-18/h2-7,10H,8-9,11,18H2,1H3. The van der Waals surface area contributed by atoms with Crippen LogP contribution in [-0.4, -0.2) is 6.54 Å². The van der Waals surface area contributed by atoms with Crippen LogP contribution in [0.1, 0.15) is 16.7 Å². The smallest absolute Gasteiger partial charge is 0.123 e. The molecule has 2 aromatic rings. The molecule has 0 bridgehead atoms. The zero-order chi connectivity index (χ0) is 13.7. The van der Waals surface area contributed by atoms with E-state index in [1.54, 1.807) is 0 Å². The first-order chi connectivity index (χ1) is 9.20. The molecule has 0 spiro atoms. The van der Waals surface area contributed by atoms with E-state index in [0.29, 0.717) is 13.2 Å². The van der Waals surface area contributed by atoms with Crippen molar-refractivity contribution in [2.24, 2.45) is 5.73 Å². The molecule has 0 aliphatic rings. The van der Waals surface area contributed by atoms with Crippen molar-refractivity contribution in [3.8, 4) is 5.75 Å². The van der Waals surface area contributed by atoms with E-state index in [4.69, 9.17) is 10.5 Å². The van der Waals surface area contributed by atoms with E-state index in [1.807, 2.05) is 37.3 Å². The van der Waals surface area contributed by atoms with Gasteiger partial charge in [0.1, 0.15) is 12.4 Å². The molecule has 0 unspecified atom stereocenters. The van der Waals surface area contributed by atoms with Crippen molar-refractivity contribution >= 4 is 15.9 Å². The van der Waals surface area contributed by atoms with Crippen molar-refractivity contribution in [2.45, 2.75) is 20.0 Å². The van der Waals surface area contributed by atoms with Gasteiger partial charge in [0.05, 0.1) is 0 Å². The summed E-state index contributed by atoms with van der Waals surface area (Å²) in [4.78, 5) is 0. The van der Waals surface area contributed by atoms with Gasteiger partial charge >= 0.3 is 0 Å². The SMILES string of the molecule is Cc1ccc(Br)cc1OCc1ccccc1CCN. The number of aryl methyl sites for hydroxylation is 1. The Morgan fingerprint density at radius 1 is 1.11 bits per heavy atom. The fourth-order valence-corrected chi connectivity index (χ4v) is 2.32. The maximum atomic E-state index is 5.92. The van der Waals surface area contributed by atoms with Crippen molar-refractivity contribution in [3.05, 3.63) is 63.6 Å². The summed E-state index contributed by atoms with van der Waals surface area (Å²) >= 11 is 3.47. The quantitative estimate of drug-likeness (QED) is 0.908. The minimum Gasteiger partial charge on any atom is -0.489 e. The molecule has 19 heavy (non-hydrogen) atoms. The summed E-state index contributed by atoms with van der Waals surface area (Å²) in [5, 5.41) is 0. The summed E-state index contributed by atoms with van der Waals surface area (Å²) in [6, 6.07) is 14.3. The van der Waals surface area contributed by atoms with Gasteiger partial charge in [-0.1, -0.05) is 46.3 Å². The highest BCUT2D eigenvalue weighted by atomic mass is 79.9. The largest absolute Gasteiger partial charge is 0.489 e. The van der Waals surface area contributed by atoms with E-state index in [-0.39, 0.29) is 0 Å². The molecule has 2 N–H and O–H groups in total. The molecule has 0 atom stereocenters. The average molecular weight is 320 g/mol. The van der Waals surface area contributed by atoms with Crippen LogP contribution in [0.5, 0.6) is 5.75 Å². The van der Waals surface area contributed by atoms with Gasteiger partial charge in [0.15, 0.2) is 0 Å². The predicted octanol–water partition coefficient (Wildman–Crippen LogP) is 3.84. The summed E-state index contributed by atoms with van der Waals surface area (Å²) in [6.07, 6.45) is 0.886. The lowest BCUT2D eigenvalue weighted by Gasteiger charge is -2.12. The highest BCUT2D eigenvalue weighted by Crippen LogP contribution is 2.24. The van der Waals surface area contributed by atoms with E-state index in [2.05, 4.69) is 28.1 Å². The van der Waals surface area contributed by atoms with Gasteiger partial charge in [-0.25, -0.2) is 0 Å². The van der Waals surface area contributed by atoms with E-state index < -0.39 is 0 Å². The number of nitrogens with two attached hydrogens (primary N) is 1. The number of ether oxygens (including phenoxy) is 1. The maximum Gasteiger partial charge on any atom is 0.123 e. The number of rotatable bonds is 5. The molecule has 3 heteroatoms. The van der Waals surface area contributed by atoms with E-state index >= 15 is 0 Å². The zero-order valence-electron chi connectivity index (χ0n) is 11.0. The van der Waals surface area contributed by atoms with Crippen molar-refractivity contribution in [2.75, 3.05) is 6.54 Å². The van der Waals surface area contributed by atoms with Crippen molar-refractivity contribution < 1.29 is 4.74 Å². The summed E-state index contributed by atoms with van der Waals surface area (Å²) in [6.45, 7) is 3.29. The minimum absolute atomic E-state index is 0.577. The third-order valence-electron chi connectivity index (χ3n) is 3.07. The molecule has 0 heterocycles. The van der Waals surface area contributed by atoms with Gasteiger partial charge in [-0.05, 0) is 48.7 Å². The number of halogens is 1. The molecule has 0 radical (unpaired) electrons. The third-order valence-corrected chi connectivity index (χ3v) is 3.56. The van der Waals surface area contributed by atoms with Crippen LogP contribution >= 0.6 is 15.9 Å². The average Bonchev–Trinajstić information content (AvgIpc) is 2.42. The van der Waals surface area contributed by atoms with E-state index in [1.165, 1.54) is 11.1 Å². The Kier molecular flexibility index (Phi) is 5.00. The van der Waals surface area contributed by atoms with Gasteiger partial charge in [-0.2, -0.15) is 0 Å². The number of benzene rings is 2. The Morgan fingerprint density at radius 3 is 2.58 bits per heavy atom. The first kappa shape index (κ1) is 14.1. The molecule has 0 aliphatic heterocycles. The van der Waals surface area contributed by atoms with Crippen LogP contribution in [0.3, 0.4) is 0 Å². The Morgan fingerprint density at radius 2 is 1.84 bits per heavy atom. The normalized spacial score (nSPS) is 10.5. The minimum atomic E-state index is 0.577. The Balaban J connectivity index is 2.12. The molecule has 0 saturated heterocycles. The summed E-state index contributed by atoms with van der Waals surface area (Å²) in [7, 11) is 0. The Bertz CT molecular complexity index is 554. The van der Waals surface area contributed by atoms with Crippen LogP contribution in [-0.2, 0) is 13.0 Å². The molecule has 2 rings (SSSR count). The van der Waals surface area contributed by atoms with Gasteiger partial charge in [-0.3, -0.25) is 0 Å². The molecular formula is C16H18BrNO. The Hall–Kier alpha value is -1.32. The lowest BCUT2D eigenvalue weighted by atomic mass is 10.1. The highest BCUT2D eigenvalue weighted by Gasteiger charge is 2.04. The number of hydrogen-bond acceptors (Lipinski definition) is 2. The molecular weight excluding hydrogens is 302 g/mol. The molecule has 0 saturated carbocycles. The first-order valence-electron chi connectivity index (χ1n) is 6.36. The van der Waals surface area contributed by atoms with Crippen LogP contribution < -0.4 is 10.5 Å². The van der Waals surface area contributed by atoms with Crippen LogP contribution in [0.4, 0.5) is 0 Å². The maximum absolute atomic E-state index is 5.92. The van der Waals surface area contributed by atoms with E-state index in [0.717, 1.165) is 22.2 Å². The molecule has 0 aliphatic carbocycles. The summed E-state index contributed by atoms with van der Waals surface area (Å²) in [5.41, 5.74) is 9.24.